The Labute approximate surface area is 182 Å². The van der Waals surface area contributed by atoms with E-state index >= 15 is 0 Å². The summed E-state index contributed by atoms with van der Waals surface area (Å²) in [6, 6.07) is 17.8. The Bertz CT molecular complexity index is 1180. The fourth-order valence-corrected chi connectivity index (χ4v) is 4.38. The SMILES string of the molecule is Cc1cc([N+](=O)[O-])ccc1-c1ccc(/C=C2/SC(=S)N(Cc3ccccc3)C2=O)o1. The van der Waals surface area contributed by atoms with Gasteiger partial charge in [-0.25, -0.2) is 0 Å². The molecule has 1 fully saturated rings. The van der Waals surface area contributed by atoms with Gasteiger partial charge in [-0.15, -0.1) is 0 Å². The van der Waals surface area contributed by atoms with Crippen LogP contribution in [0.4, 0.5) is 5.69 Å². The topological polar surface area (TPSA) is 76.6 Å². The number of carbonyl (C=O) groups excluding carboxylic acids is 1. The van der Waals surface area contributed by atoms with Gasteiger partial charge in [0.15, 0.2) is 0 Å². The minimum Gasteiger partial charge on any atom is -0.457 e. The molecule has 2 aromatic carbocycles. The number of aryl methyl sites for hydroxylation is 1. The van der Waals surface area contributed by atoms with E-state index in [1.54, 1.807) is 36.1 Å². The van der Waals surface area contributed by atoms with Crippen LogP contribution in [0.15, 0.2) is 70.0 Å². The molecule has 1 amide bonds. The van der Waals surface area contributed by atoms with Gasteiger partial charge in [0.05, 0.1) is 16.4 Å². The molecule has 0 bridgehead atoms. The van der Waals surface area contributed by atoms with Crippen LogP contribution in [0.1, 0.15) is 16.9 Å². The zero-order valence-electron chi connectivity index (χ0n) is 15.9. The summed E-state index contributed by atoms with van der Waals surface area (Å²) < 4.78 is 6.38. The van der Waals surface area contributed by atoms with E-state index in [1.165, 1.54) is 23.9 Å². The van der Waals surface area contributed by atoms with E-state index < -0.39 is 4.92 Å². The van der Waals surface area contributed by atoms with Crippen molar-refractivity contribution in [2.45, 2.75) is 13.5 Å². The van der Waals surface area contributed by atoms with Crippen molar-refractivity contribution in [2.75, 3.05) is 0 Å². The number of amides is 1. The number of non-ortho nitro benzene ring substituents is 1. The lowest BCUT2D eigenvalue weighted by Gasteiger charge is -2.14. The van der Waals surface area contributed by atoms with Gasteiger partial charge in [-0.05, 0) is 36.2 Å². The van der Waals surface area contributed by atoms with Gasteiger partial charge >= 0.3 is 0 Å². The normalized spacial score (nSPS) is 15.2. The third-order valence-corrected chi connectivity index (χ3v) is 6.02. The number of nitrogens with zero attached hydrogens (tertiary/aromatic N) is 2. The molecule has 30 heavy (non-hydrogen) atoms. The molecule has 0 spiro atoms. The maximum Gasteiger partial charge on any atom is 0.269 e. The summed E-state index contributed by atoms with van der Waals surface area (Å²) in [5, 5.41) is 10.9. The zero-order valence-corrected chi connectivity index (χ0v) is 17.5. The average molecular weight is 437 g/mol. The average Bonchev–Trinajstić information content (AvgIpc) is 3.29. The van der Waals surface area contributed by atoms with Crippen LogP contribution in [0.3, 0.4) is 0 Å². The van der Waals surface area contributed by atoms with E-state index in [2.05, 4.69) is 0 Å². The first-order chi connectivity index (χ1) is 14.4. The Kier molecular flexibility index (Phi) is 5.52. The second kappa shape index (κ2) is 8.25. The lowest BCUT2D eigenvalue weighted by molar-refractivity contribution is -0.384. The first kappa shape index (κ1) is 20.1. The molecule has 6 nitrogen and oxygen atoms in total. The number of hydrogen-bond acceptors (Lipinski definition) is 6. The van der Waals surface area contributed by atoms with Gasteiger partial charge < -0.3 is 4.42 Å². The number of thiocarbonyl (C=S) groups is 1. The molecule has 0 unspecified atom stereocenters. The van der Waals surface area contributed by atoms with Crippen molar-refractivity contribution in [1.82, 2.24) is 4.90 Å². The van der Waals surface area contributed by atoms with Gasteiger partial charge in [0.1, 0.15) is 15.8 Å². The van der Waals surface area contributed by atoms with E-state index in [4.69, 9.17) is 16.6 Å². The van der Waals surface area contributed by atoms with Crippen molar-refractivity contribution in [1.29, 1.82) is 0 Å². The Morgan fingerprint density at radius 1 is 1.17 bits per heavy atom. The van der Waals surface area contributed by atoms with Crippen LogP contribution in [-0.4, -0.2) is 20.1 Å². The largest absolute Gasteiger partial charge is 0.457 e. The van der Waals surface area contributed by atoms with Crippen LogP contribution >= 0.6 is 24.0 Å². The molecule has 0 radical (unpaired) electrons. The van der Waals surface area contributed by atoms with Crippen LogP contribution in [0.5, 0.6) is 0 Å². The quantitative estimate of drug-likeness (QED) is 0.225. The van der Waals surface area contributed by atoms with Gasteiger partial charge in [-0.3, -0.25) is 19.8 Å². The van der Waals surface area contributed by atoms with E-state index in [0.717, 1.165) is 16.7 Å². The van der Waals surface area contributed by atoms with E-state index in [0.29, 0.717) is 27.3 Å². The molecule has 1 saturated heterocycles. The lowest BCUT2D eigenvalue weighted by atomic mass is 10.1. The standard InChI is InChI=1S/C22H16N2O4S2/c1-14-11-16(24(26)27)7-9-18(14)19-10-8-17(28-19)12-20-21(25)23(22(29)30-20)13-15-5-3-2-4-6-15/h2-12H,13H2,1H3/b20-12+. The molecule has 4 rings (SSSR count). The summed E-state index contributed by atoms with van der Waals surface area (Å²) >= 11 is 6.63. The third-order valence-electron chi connectivity index (χ3n) is 4.64. The van der Waals surface area contributed by atoms with Gasteiger partial charge in [0, 0.05) is 23.8 Å². The number of nitro groups is 1. The fraction of sp³-hybridized carbons (Fsp3) is 0.0909. The number of carbonyl (C=O) groups is 1. The molecule has 1 aliphatic rings. The van der Waals surface area contributed by atoms with Crippen LogP contribution in [0.2, 0.25) is 0 Å². The van der Waals surface area contributed by atoms with Crippen molar-refractivity contribution in [3.63, 3.8) is 0 Å². The van der Waals surface area contributed by atoms with Gasteiger partial charge in [0.25, 0.3) is 11.6 Å². The van der Waals surface area contributed by atoms with Gasteiger partial charge in [-0.1, -0.05) is 54.3 Å². The molecule has 0 N–H and O–H groups in total. The minimum atomic E-state index is -0.429. The highest BCUT2D eigenvalue weighted by molar-refractivity contribution is 8.26. The summed E-state index contributed by atoms with van der Waals surface area (Å²) in [6.45, 7) is 2.22. The van der Waals surface area contributed by atoms with Gasteiger partial charge in [-0.2, -0.15) is 0 Å². The van der Waals surface area contributed by atoms with E-state index in [1.807, 2.05) is 30.3 Å². The summed E-state index contributed by atoms with van der Waals surface area (Å²) in [7, 11) is 0. The maximum atomic E-state index is 12.8. The fourth-order valence-electron chi connectivity index (χ4n) is 3.14. The molecule has 0 atom stereocenters. The maximum absolute atomic E-state index is 12.8. The molecule has 150 valence electrons. The van der Waals surface area contributed by atoms with Crippen LogP contribution in [0.25, 0.3) is 17.4 Å². The number of hydrogen-bond donors (Lipinski definition) is 0. The number of furan rings is 1. The molecular formula is C22H16N2O4S2. The highest BCUT2D eigenvalue weighted by Gasteiger charge is 2.32. The van der Waals surface area contributed by atoms with Crippen molar-refractivity contribution in [2.24, 2.45) is 0 Å². The molecule has 0 aliphatic carbocycles. The molecule has 8 heteroatoms. The van der Waals surface area contributed by atoms with E-state index in [9.17, 15) is 14.9 Å². The molecular weight excluding hydrogens is 420 g/mol. The number of rotatable bonds is 5. The Morgan fingerprint density at radius 2 is 1.93 bits per heavy atom. The first-order valence-corrected chi connectivity index (χ1v) is 10.3. The molecule has 3 aromatic rings. The van der Waals surface area contributed by atoms with Crippen LogP contribution in [0, 0.1) is 17.0 Å². The van der Waals surface area contributed by atoms with Crippen LogP contribution < -0.4 is 0 Å². The molecule has 1 aromatic heterocycles. The van der Waals surface area contributed by atoms with Crippen molar-refractivity contribution < 1.29 is 14.1 Å². The third kappa shape index (κ3) is 4.05. The first-order valence-electron chi connectivity index (χ1n) is 9.07. The summed E-state index contributed by atoms with van der Waals surface area (Å²) in [6.07, 6.45) is 1.68. The van der Waals surface area contributed by atoms with Crippen LogP contribution in [-0.2, 0) is 11.3 Å². The number of benzene rings is 2. The molecule has 2 heterocycles. The highest BCUT2D eigenvalue weighted by atomic mass is 32.2. The van der Waals surface area contributed by atoms with E-state index in [-0.39, 0.29) is 11.6 Å². The van der Waals surface area contributed by atoms with Crippen molar-refractivity contribution >= 4 is 46.0 Å². The minimum absolute atomic E-state index is 0.0325. The second-order valence-electron chi connectivity index (χ2n) is 6.71. The molecule has 1 aliphatic heterocycles. The molecule has 0 saturated carbocycles. The highest BCUT2D eigenvalue weighted by Crippen LogP contribution is 2.35. The van der Waals surface area contributed by atoms with Gasteiger partial charge in [0.2, 0.25) is 0 Å². The Morgan fingerprint density at radius 3 is 2.63 bits per heavy atom. The monoisotopic (exact) mass is 436 g/mol. The second-order valence-corrected chi connectivity index (χ2v) is 8.39. The Hall–Kier alpha value is -3.23. The predicted octanol–water partition coefficient (Wildman–Crippen LogP) is 5.56. The number of nitro benzene ring substituents is 1. The van der Waals surface area contributed by atoms with Crippen molar-refractivity contribution in [3.05, 3.63) is 92.6 Å². The zero-order chi connectivity index (χ0) is 21.3. The summed E-state index contributed by atoms with van der Waals surface area (Å²) in [5.74, 6) is 0.940. The lowest BCUT2D eigenvalue weighted by Crippen LogP contribution is -2.27. The summed E-state index contributed by atoms with van der Waals surface area (Å²) in [5.41, 5.74) is 2.53. The number of thioether (sulfide) groups is 1. The Balaban J connectivity index is 1.55. The predicted molar refractivity (Wildman–Crippen MR) is 121 cm³/mol. The summed E-state index contributed by atoms with van der Waals surface area (Å²) in [4.78, 5) is 25.4. The van der Waals surface area contributed by atoms with Crippen molar-refractivity contribution in [3.8, 4) is 11.3 Å². The smallest absolute Gasteiger partial charge is 0.269 e.